The van der Waals surface area contributed by atoms with Gasteiger partial charge in [-0.25, -0.2) is 4.79 Å². The Bertz CT molecular complexity index is 3480. The van der Waals surface area contributed by atoms with Crippen LogP contribution in [-0.4, -0.2) is 238 Å². The molecule has 0 radical (unpaired) electrons. The summed E-state index contributed by atoms with van der Waals surface area (Å²) in [5.41, 5.74) is 5.36. The van der Waals surface area contributed by atoms with E-state index in [-0.39, 0.29) is 176 Å². The van der Waals surface area contributed by atoms with Crippen LogP contribution in [0.15, 0.2) is 93.0 Å². The molecular formula is C69H103N9O19S4. The monoisotopic (exact) mass is 1490 g/mol. The van der Waals surface area contributed by atoms with Crippen LogP contribution >= 0.6 is 24.4 Å². The molecule has 28 nitrogen and oxygen atoms in total. The van der Waals surface area contributed by atoms with Gasteiger partial charge in [0.05, 0.1) is 94.8 Å². The number of allylic oxidation sites excluding steroid dienone is 8. The zero-order valence-electron chi connectivity index (χ0n) is 58.4. The topological polar surface area (TPSA) is 366 Å². The first-order valence-corrected chi connectivity index (χ1v) is 39.7. The van der Waals surface area contributed by atoms with Crippen LogP contribution < -0.4 is 42.1 Å². The number of fused-ring (bicyclic) bond motifs is 3. The Morgan fingerprint density at radius 2 is 1.39 bits per heavy atom. The van der Waals surface area contributed by atoms with Crippen molar-refractivity contribution in [2.45, 2.75) is 144 Å². The van der Waals surface area contributed by atoms with E-state index in [1.165, 1.54) is 23.3 Å². The second-order valence-electron chi connectivity index (χ2n) is 27.1. The molecule has 0 bridgehead atoms. The Hall–Kier alpha value is -5.88. The predicted octanol–water partition coefficient (Wildman–Crippen LogP) is 4.31. The summed E-state index contributed by atoms with van der Waals surface area (Å²) in [6, 6.07) is 3.93. The lowest BCUT2D eigenvalue weighted by Crippen LogP contribution is -2.49. The number of carbonyl (C=O) groups excluding carboxylic acids is 6. The molecule has 5 unspecified atom stereocenters. The van der Waals surface area contributed by atoms with Crippen LogP contribution in [0.5, 0.6) is 0 Å². The molecule has 1 aliphatic carbocycles. The number of thioether (sulfide) groups is 1. The standard InChI is InChI=1S/C69H103N9O19S4/c1-68(2,3)58-41-47(51-40-48-13-9-26-77-27-10-14-50(64(48)77)65(51)97-58)12-7-16-57-69(4,52-42-49(101(88,89)90)19-20-55(52)78(57)28-11-39-100(85,86)87)21-8-18-60(80)71-23-29-91-33-34-92-31-24-72-61(81)43-95-37-35-94-32-25-73-66(83)53(45-98)74-62(82)44-96-38-36-93-30-22-70-59(79)17-6-5-15-56-63-54(46-99-56)75-67(84)76-63/h7,12,16,19-20,40-42,53-54,56,63-64,98H,5-6,8-11,13-15,17-18,21-39,43-46H2,1-4H3,(H,70,79)(H,71,80)(H,72,81)(H,73,83)(H,74,82)(H2,75,76,84)(H,85,86,87)(H,88,89,90)/b12-7+,57-16-/t53?,54?,56-,63?,64?,69?/m0/s1. The second kappa shape index (κ2) is 39.3. The molecule has 101 heavy (non-hydrogen) atoms. The van der Waals surface area contributed by atoms with E-state index in [4.69, 9.17) is 33.2 Å². The fourth-order valence-electron chi connectivity index (χ4n) is 13.4. The summed E-state index contributed by atoms with van der Waals surface area (Å²) in [4.78, 5) is 78.5. The lowest BCUT2D eigenvalue weighted by atomic mass is 9.76. The molecule has 8 rings (SSSR count). The molecule has 7 amide bonds. The maximum absolute atomic E-state index is 13.3. The molecule has 32 heteroatoms. The summed E-state index contributed by atoms with van der Waals surface area (Å²) in [5, 5.41) is 20.0. The van der Waals surface area contributed by atoms with Crippen molar-refractivity contribution in [2.75, 3.05) is 147 Å². The minimum Gasteiger partial charge on any atom is -0.460 e. The second-order valence-corrected chi connectivity index (χ2v) is 31.7. The Labute approximate surface area is 603 Å². The molecule has 7 aliphatic rings. The van der Waals surface area contributed by atoms with Gasteiger partial charge >= 0.3 is 6.03 Å². The minimum absolute atomic E-state index is 0.0479. The molecule has 6 heterocycles. The highest BCUT2D eigenvalue weighted by atomic mass is 32.2. The fourth-order valence-corrected chi connectivity index (χ4v) is 16.2. The summed E-state index contributed by atoms with van der Waals surface area (Å²) in [7, 11) is -8.94. The molecule has 562 valence electrons. The van der Waals surface area contributed by atoms with Gasteiger partial charge in [0.25, 0.3) is 20.2 Å². The largest absolute Gasteiger partial charge is 0.460 e. The van der Waals surface area contributed by atoms with Crippen LogP contribution in [0.2, 0.25) is 0 Å². The highest BCUT2D eigenvalue weighted by molar-refractivity contribution is 8.00. The molecule has 0 spiro atoms. The molecule has 6 atom stereocenters. The summed E-state index contributed by atoms with van der Waals surface area (Å²) >= 11 is 6.04. The summed E-state index contributed by atoms with van der Waals surface area (Å²) in [6.45, 7) is 13.0. The van der Waals surface area contributed by atoms with E-state index in [1.807, 2.05) is 41.8 Å². The van der Waals surface area contributed by atoms with Crippen LogP contribution in [0.25, 0.3) is 0 Å². The molecule has 9 N–H and O–H groups in total. The molecule has 1 aromatic carbocycles. The van der Waals surface area contributed by atoms with Gasteiger partial charge in [0, 0.05) is 90.1 Å². The van der Waals surface area contributed by atoms with Gasteiger partial charge in [-0.15, -0.1) is 0 Å². The van der Waals surface area contributed by atoms with Crippen molar-refractivity contribution in [3.05, 3.63) is 93.7 Å². The number of ether oxygens (including phenoxy) is 7. The van der Waals surface area contributed by atoms with Crippen molar-refractivity contribution in [2.24, 2.45) is 5.41 Å². The maximum Gasteiger partial charge on any atom is 0.315 e. The number of nitrogens with zero attached hydrogens (tertiary/aromatic N) is 2. The van der Waals surface area contributed by atoms with Gasteiger partial charge in [-0.1, -0.05) is 39.3 Å². The van der Waals surface area contributed by atoms with E-state index in [0.717, 1.165) is 86.5 Å². The molecule has 6 aliphatic heterocycles. The van der Waals surface area contributed by atoms with Crippen molar-refractivity contribution >= 4 is 85.9 Å². The van der Waals surface area contributed by atoms with Crippen molar-refractivity contribution in [1.29, 1.82) is 0 Å². The van der Waals surface area contributed by atoms with Crippen molar-refractivity contribution in [3.63, 3.8) is 0 Å². The normalized spacial score (nSPS) is 21.8. The molecule has 4 saturated heterocycles. The molecule has 1 aromatic rings. The van der Waals surface area contributed by atoms with Gasteiger partial charge in [0.1, 0.15) is 30.8 Å². The number of anilines is 1. The summed E-state index contributed by atoms with van der Waals surface area (Å²) in [6.07, 6.45) is 18.3. The average molecular weight is 1490 g/mol. The average Bonchev–Trinajstić information content (AvgIpc) is 1.71. The van der Waals surface area contributed by atoms with Crippen molar-refractivity contribution < 1.29 is 87.9 Å². The number of unbranched alkanes of at least 4 members (excludes halogenated alkanes) is 1. The third-order valence-electron chi connectivity index (χ3n) is 18.4. The molecule has 0 saturated carbocycles. The van der Waals surface area contributed by atoms with Crippen molar-refractivity contribution in [3.8, 4) is 0 Å². The van der Waals surface area contributed by atoms with Crippen molar-refractivity contribution in [1.82, 2.24) is 42.1 Å². The quantitative estimate of drug-likeness (QED) is 0.0188. The number of nitrogens with one attached hydrogen (secondary N) is 7. The van der Waals surface area contributed by atoms with Gasteiger partial charge in [0.2, 0.25) is 29.5 Å². The van der Waals surface area contributed by atoms with Gasteiger partial charge in [-0.2, -0.15) is 41.2 Å². The van der Waals surface area contributed by atoms with Crippen LogP contribution in [0.1, 0.15) is 110 Å². The highest BCUT2D eigenvalue weighted by Crippen LogP contribution is 2.52. The Morgan fingerprint density at radius 3 is 2.02 bits per heavy atom. The number of hydrogen-bond acceptors (Lipinski definition) is 21. The van der Waals surface area contributed by atoms with E-state index in [0.29, 0.717) is 48.0 Å². The zero-order valence-corrected chi connectivity index (χ0v) is 61.8. The van der Waals surface area contributed by atoms with E-state index >= 15 is 0 Å². The van der Waals surface area contributed by atoms with E-state index in [9.17, 15) is 54.7 Å². The summed E-state index contributed by atoms with van der Waals surface area (Å²) < 4.78 is 109. The number of carbonyl (C=O) groups is 6. The SMILES string of the molecule is CC(C)(C)C1=CC(/C=C/C=C2\N(CCCS(=O)(=O)O)c3ccc(S(=O)(=O)O)cc3C2(C)CCCC(=O)NCCOCCOCCNC(=O)COCCOCCNC(=O)C(CS)NC(=O)COCCOCCNC(=O)CCCC[C@@H]2SCC3NC(=O)NC32)=C2C=C3CCCN4CCCC(=C2O1)C34. The third-order valence-corrected chi connectivity index (χ3v) is 21.9. The predicted molar refractivity (Wildman–Crippen MR) is 384 cm³/mol. The molecule has 0 aromatic heterocycles. The smallest absolute Gasteiger partial charge is 0.315 e. The van der Waals surface area contributed by atoms with Gasteiger partial charge < -0.3 is 75.3 Å². The zero-order chi connectivity index (χ0) is 72.6. The molecule has 4 fully saturated rings. The third kappa shape index (κ3) is 24.6. The highest BCUT2D eigenvalue weighted by Gasteiger charge is 2.46. The lowest BCUT2D eigenvalue weighted by Gasteiger charge is -2.46. The van der Waals surface area contributed by atoms with E-state index in [2.05, 4.69) is 87.7 Å². The number of rotatable bonds is 44. The first-order chi connectivity index (χ1) is 48.3. The number of urea groups is 1. The van der Waals surface area contributed by atoms with E-state index in [1.54, 1.807) is 6.07 Å². The van der Waals surface area contributed by atoms with Crippen LogP contribution in [0.3, 0.4) is 0 Å². The summed E-state index contributed by atoms with van der Waals surface area (Å²) in [5.74, 6) is 0.633. The number of hydrogen-bond donors (Lipinski definition) is 10. The Morgan fingerprint density at radius 1 is 0.772 bits per heavy atom. The van der Waals surface area contributed by atoms with Crippen LogP contribution in [0, 0.1) is 5.41 Å². The maximum atomic E-state index is 13.3. The Balaban J connectivity index is 0.660. The molecular weight excluding hydrogens is 1390 g/mol. The number of amides is 7. The van der Waals surface area contributed by atoms with E-state index < -0.39 is 49.3 Å². The van der Waals surface area contributed by atoms with Crippen LogP contribution in [0.4, 0.5) is 10.5 Å². The number of piperidine rings is 2. The van der Waals surface area contributed by atoms with Gasteiger partial charge in [-0.3, -0.25) is 38.0 Å². The van der Waals surface area contributed by atoms with Gasteiger partial charge in [0.15, 0.2) is 0 Å². The minimum atomic E-state index is -4.63. The van der Waals surface area contributed by atoms with Crippen LogP contribution in [-0.2, 0) is 82.8 Å². The van der Waals surface area contributed by atoms with Gasteiger partial charge in [-0.05, 0) is 137 Å². The Kier molecular flexibility index (Phi) is 31.4. The lowest BCUT2D eigenvalue weighted by molar-refractivity contribution is -0.131. The number of benzene rings is 1. The first kappa shape index (κ1) is 80.8. The number of thiol groups is 1. The first-order valence-electron chi connectivity index (χ1n) is 35.0. The fraction of sp³-hybridized carbons (Fsp3) is 0.652.